The van der Waals surface area contributed by atoms with Crippen LogP contribution >= 0.6 is 0 Å². The highest BCUT2D eigenvalue weighted by atomic mass is 32.2. The SMILES string of the molecule is CC[C@H](CC(C)(CC)N(C)S(C)(=O)=O)C(=O)N(C)C(C)C. The summed E-state index contributed by atoms with van der Waals surface area (Å²) in [5, 5.41) is 0. The van der Waals surface area contributed by atoms with Gasteiger partial charge in [0.15, 0.2) is 0 Å². The molecule has 0 aliphatic heterocycles. The lowest BCUT2D eigenvalue weighted by Crippen LogP contribution is -2.49. The Hall–Kier alpha value is -0.620. The number of amides is 1. The van der Waals surface area contributed by atoms with E-state index in [1.165, 1.54) is 10.6 Å². The van der Waals surface area contributed by atoms with E-state index in [1.54, 1.807) is 19.0 Å². The topological polar surface area (TPSA) is 57.7 Å². The fourth-order valence-corrected chi connectivity index (χ4v) is 3.38. The van der Waals surface area contributed by atoms with Gasteiger partial charge >= 0.3 is 0 Å². The summed E-state index contributed by atoms with van der Waals surface area (Å²) in [6, 6.07) is 0.145. The summed E-state index contributed by atoms with van der Waals surface area (Å²) in [5.41, 5.74) is -0.540. The number of rotatable bonds is 8. The highest BCUT2D eigenvalue weighted by Crippen LogP contribution is 2.30. The van der Waals surface area contributed by atoms with Crippen molar-refractivity contribution in [1.82, 2.24) is 9.21 Å². The minimum atomic E-state index is -3.28. The van der Waals surface area contributed by atoms with Crippen molar-refractivity contribution in [2.24, 2.45) is 5.92 Å². The van der Waals surface area contributed by atoms with E-state index in [1.807, 2.05) is 34.6 Å². The molecule has 6 heteroatoms. The Labute approximate surface area is 130 Å². The first-order valence-corrected chi connectivity index (χ1v) is 9.46. The van der Waals surface area contributed by atoms with Gasteiger partial charge in [0.25, 0.3) is 0 Å². The fourth-order valence-electron chi connectivity index (χ4n) is 2.38. The average molecular weight is 320 g/mol. The van der Waals surface area contributed by atoms with Gasteiger partial charge in [0.2, 0.25) is 15.9 Å². The largest absolute Gasteiger partial charge is 0.343 e. The van der Waals surface area contributed by atoms with Crippen LogP contribution in [0.1, 0.15) is 53.9 Å². The van der Waals surface area contributed by atoms with Gasteiger partial charge in [0, 0.05) is 31.6 Å². The highest BCUT2D eigenvalue weighted by molar-refractivity contribution is 7.88. The molecule has 0 aromatic rings. The molecule has 0 radical (unpaired) electrons. The van der Waals surface area contributed by atoms with Crippen molar-refractivity contribution in [2.45, 2.75) is 65.5 Å². The summed E-state index contributed by atoms with van der Waals surface area (Å²) < 4.78 is 25.1. The molecule has 0 fully saturated rings. The van der Waals surface area contributed by atoms with E-state index in [9.17, 15) is 13.2 Å². The molecule has 0 aliphatic carbocycles. The zero-order valence-electron chi connectivity index (χ0n) is 14.8. The minimum absolute atomic E-state index is 0.0917. The number of sulfonamides is 1. The smallest absolute Gasteiger partial charge is 0.225 e. The van der Waals surface area contributed by atoms with Crippen LogP contribution in [0.5, 0.6) is 0 Å². The van der Waals surface area contributed by atoms with E-state index >= 15 is 0 Å². The van der Waals surface area contributed by atoms with Crippen LogP contribution in [0.4, 0.5) is 0 Å². The molecule has 2 atom stereocenters. The first-order chi connectivity index (χ1) is 9.40. The predicted octanol–water partition coefficient (Wildman–Crippen LogP) is 2.33. The maximum absolute atomic E-state index is 12.5. The molecule has 1 unspecified atom stereocenters. The Morgan fingerprint density at radius 1 is 1.19 bits per heavy atom. The van der Waals surface area contributed by atoms with Crippen LogP contribution in [0.15, 0.2) is 0 Å². The van der Waals surface area contributed by atoms with Crippen LogP contribution in [0.25, 0.3) is 0 Å². The third-order valence-electron chi connectivity index (χ3n) is 4.67. The number of nitrogens with zero attached hydrogens (tertiary/aromatic N) is 2. The molecule has 0 saturated carbocycles. The molecule has 0 aromatic heterocycles. The fraction of sp³-hybridized carbons (Fsp3) is 0.933. The van der Waals surface area contributed by atoms with Crippen LogP contribution in [0.3, 0.4) is 0 Å². The standard InChI is InChI=1S/C15H32N2O3S/c1-9-13(14(18)16(6)12(3)4)11-15(5,10-2)17(7)21(8,19)20/h12-13H,9-11H2,1-8H3/t13-,15?/m1/s1. The molecular formula is C15H32N2O3S. The molecule has 5 nitrogen and oxygen atoms in total. The number of hydrogen-bond donors (Lipinski definition) is 0. The van der Waals surface area contributed by atoms with Crippen LogP contribution in [-0.2, 0) is 14.8 Å². The van der Waals surface area contributed by atoms with Gasteiger partial charge in [0.1, 0.15) is 0 Å². The molecule has 0 heterocycles. The van der Waals surface area contributed by atoms with Crippen molar-refractivity contribution in [2.75, 3.05) is 20.4 Å². The first kappa shape index (κ1) is 20.4. The van der Waals surface area contributed by atoms with Gasteiger partial charge in [-0.05, 0) is 40.0 Å². The predicted molar refractivity (Wildman–Crippen MR) is 87.6 cm³/mol. The summed E-state index contributed by atoms with van der Waals surface area (Å²) >= 11 is 0. The normalized spacial score (nSPS) is 16.9. The zero-order chi connectivity index (χ0) is 17.0. The maximum atomic E-state index is 12.5. The Balaban J connectivity index is 5.30. The molecule has 0 spiro atoms. The van der Waals surface area contributed by atoms with E-state index in [0.29, 0.717) is 19.3 Å². The van der Waals surface area contributed by atoms with E-state index in [0.717, 1.165) is 0 Å². The molecular weight excluding hydrogens is 288 g/mol. The van der Waals surface area contributed by atoms with Gasteiger partial charge < -0.3 is 4.90 Å². The molecule has 0 N–H and O–H groups in total. The molecule has 1 amide bonds. The molecule has 0 bridgehead atoms. The molecule has 21 heavy (non-hydrogen) atoms. The lowest BCUT2D eigenvalue weighted by atomic mass is 9.84. The average Bonchev–Trinajstić information content (AvgIpc) is 2.40. The van der Waals surface area contributed by atoms with Crippen molar-refractivity contribution < 1.29 is 13.2 Å². The second-order valence-corrected chi connectivity index (χ2v) is 8.45. The van der Waals surface area contributed by atoms with Crippen molar-refractivity contribution in [1.29, 1.82) is 0 Å². The van der Waals surface area contributed by atoms with E-state index in [2.05, 4.69) is 0 Å². The summed E-state index contributed by atoms with van der Waals surface area (Å²) in [4.78, 5) is 14.3. The molecule has 0 saturated heterocycles. The lowest BCUT2D eigenvalue weighted by Gasteiger charge is -2.39. The van der Waals surface area contributed by atoms with E-state index in [4.69, 9.17) is 0 Å². The van der Waals surface area contributed by atoms with E-state index in [-0.39, 0.29) is 17.9 Å². The van der Waals surface area contributed by atoms with Gasteiger partial charge in [-0.15, -0.1) is 0 Å². The van der Waals surface area contributed by atoms with Gasteiger partial charge in [-0.3, -0.25) is 4.79 Å². The van der Waals surface area contributed by atoms with Crippen LogP contribution in [-0.4, -0.2) is 55.5 Å². The molecule has 0 aliphatic rings. The van der Waals surface area contributed by atoms with Gasteiger partial charge in [0.05, 0.1) is 6.26 Å². The zero-order valence-corrected chi connectivity index (χ0v) is 15.6. The number of carbonyl (C=O) groups excluding carboxylic acids is 1. The van der Waals surface area contributed by atoms with Crippen molar-refractivity contribution in [3.8, 4) is 0 Å². The van der Waals surface area contributed by atoms with Crippen molar-refractivity contribution in [3.05, 3.63) is 0 Å². The number of hydrogen-bond acceptors (Lipinski definition) is 3. The summed E-state index contributed by atoms with van der Waals surface area (Å²) in [7, 11) is 0.124. The first-order valence-electron chi connectivity index (χ1n) is 7.61. The Morgan fingerprint density at radius 3 is 1.95 bits per heavy atom. The van der Waals surface area contributed by atoms with Crippen LogP contribution in [0.2, 0.25) is 0 Å². The third-order valence-corrected chi connectivity index (χ3v) is 6.11. The second-order valence-electron chi connectivity index (χ2n) is 6.43. The minimum Gasteiger partial charge on any atom is -0.343 e. The molecule has 0 aromatic carbocycles. The van der Waals surface area contributed by atoms with Gasteiger partial charge in [-0.1, -0.05) is 13.8 Å². The Kier molecular flexibility index (Phi) is 7.36. The Morgan fingerprint density at radius 2 is 1.67 bits per heavy atom. The van der Waals surface area contributed by atoms with E-state index < -0.39 is 15.6 Å². The molecule has 0 rings (SSSR count). The lowest BCUT2D eigenvalue weighted by molar-refractivity contribution is -0.137. The summed E-state index contributed by atoms with van der Waals surface area (Å²) in [6.07, 6.45) is 3.14. The van der Waals surface area contributed by atoms with Crippen LogP contribution in [0, 0.1) is 5.92 Å². The maximum Gasteiger partial charge on any atom is 0.225 e. The quantitative estimate of drug-likeness (QED) is 0.689. The number of carbonyl (C=O) groups is 1. The van der Waals surface area contributed by atoms with Crippen molar-refractivity contribution in [3.63, 3.8) is 0 Å². The van der Waals surface area contributed by atoms with Gasteiger partial charge in [-0.25, -0.2) is 8.42 Å². The second kappa shape index (κ2) is 7.58. The summed E-state index contributed by atoms with van der Waals surface area (Å²) in [6.45, 7) is 9.82. The monoisotopic (exact) mass is 320 g/mol. The highest BCUT2D eigenvalue weighted by Gasteiger charge is 2.37. The van der Waals surface area contributed by atoms with Crippen LogP contribution < -0.4 is 0 Å². The Bertz CT molecular complexity index is 448. The van der Waals surface area contributed by atoms with Gasteiger partial charge in [-0.2, -0.15) is 4.31 Å². The third kappa shape index (κ3) is 5.25. The molecule has 126 valence electrons. The van der Waals surface area contributed by atoms with Crippen molar-refractivity contribution >= 4 is 15.9 Å². The summed E-state index contributed by atoms with van der Waals surface area (Å²) in [5.74, 6) is -0.0689.